The molecule has 0 atom stereocenters. The molecule has 1 aromatic carbocycles. The van der Waals surface area contributed by atoms with Gasteiger partial charge in [0.25, 0.3) is 0 Å². The topological polar surface area (TPSA) is 46.5 Å². The predicted octanol–water partition coefficient (Wildman–Crippen LogP) is 3.28. The molecule has 0 spiro atoms. The lowest BCUT2D eigenvalue weighted by Crippen LogP contribution is -2.17. The first-order valence-electron chi connectivity index (χ1n) is 5.62. The van der Waals surface area contributed by atoms with Crippen molar-refractivity contribution < 1.29 is 14.6 Å². The minimum Gasteiger partial charge on any atom is -0.491 e. The molecule has 0 heterocycles. The van der Waals surface area contributed by atoms with Crippen LogP contribution < -0.4 is 4.74 Å². The quantitative estimate of drug-likeness (QED) is 0.877. The minimum absolute atomic E-state index is 0.167. The second-order valence-electron chi connectivity index (χ2n) is 4.79. The van der Waals surface area contributed by atoms with Crippen molar-refractivity contribution in [3.63, 3.8) is 0 Å². The van der Waals surface area contributed by atoms with Crippen LogP contribution in [0.15, 0.2) is 18.2 Å². The number of hydrogen-bond donors (Lipinski definition) is 1. The highest BCUT2D eigenvalue weighted by Crippen LogP contribution is 2.49. The van der Waals surface area contributed by atoms with Crippen LogP contribution in [0.3, 0.4) is 0 Å². The van der Waals surface area contributed by atoms with E-state index in [0.717, 1.165) is 18.4 Å². The molecule has 4 heteroatoms. The predicted molar refractivity (Wildman–Crippen MR) is 65.6 cm³/mol. The summed E-state index contributed by atoms with van der Waals surface area (Å²) in [5.41, 5.74) is 0.911. The molecule has 1 N–H and O–H groups in total. The van der Waals surface area contributed by atoms with Crippen molar-refractivity contribution in [2.45, 2.75) is 26.2 Å². The summed E-state index contributed by atoms with van der Waals surface area (Å²) in [6.07, 6.45) is 2.02. The Morgan fingerprint density at radius 1 is 1.53 bits per heavy atom. The third-order valence-electron chi connectivity index (χ3n) is 3.10. The lowest BCUT2D eigenvalue weighted by molar-refractivity contribution is -0.138. The van der Waals surface area contributed by atoms with E-state index in [4.69, 9.17) is 21.4 Å². The van der Waals surface area contributed by atoms with Gasteiger partial charge in [-0.3, -0.25) is 4.79 Å². The standard InChI is InChI=1S/C13H15ClO3/c1-9-2-3-11(10(14)6-9)17-8-13(4-5-13)7-12(15)16/h2-3,6H,4-5,7-8H2,1H3,(H,15,16). The van der Waals surface area contributed by atoms with Gasteiger partial charge in [-0.2, -0.15) is 0 Å². The second-order valence-corrected chi connectivity index (χ2v) is 5.20. The van der Waals surface area contributed by atoms with E-state index in [1.807, 2.05) is 25.1 Å². The molecule has 1 aliphatic carbocycles. The summed E-state index contributed by atoms with van der Waals surface area (Å²) in [5, 5.41) is 9.38. The first kappa shape index (κ1) is 12.2. The van der Waals surface area contributed by atoms with Crippen molar-refractivity contribution in [1.82, 2.24) is 0 Å². The highest BCUT2D eigenvalue weighted by atomic mass is 35.5. The van der Waals surface area contributed by atoms with Crippen LogP contribution in [0.1, 0.15) is 24.8 Å². The molecule has 1 aliphatic rings. The largest absolute Gasteiger partial charge is 0.491 e. The minimum atomic E-state index is -0.763. The lowest BCUT2D eigenvalue weighted by Gasteiger charge is -2.15. The average molecular weight is 255 g/mol. The number of carbonyl (C=O) groups is 1. The maximum absolute atomic E-state index is 10.7. The zero-order valence-corrected chi connectivity index (χ0v) is 10.5. The van der Waals surface area contributed by atoms with Crippen LogP contribution in [0.5, 0.6) is 5.75 Å². The summed E-state index contributed by atoms with van der Waals surface area (Å²) < 4.78 is 5.62. The number of benzene rings is 1. The molecule has 0 aromatic heterocycles. The number of aliphatic carboxylic acids is 1. The van der Waals surface area contributed by atoms with Gasteiger partial charge in [0.15, 0.2) is 0 Å². The van der Waals surface area contributed by atoms with Crippen LogP contribution in [-0.4, -0.2) is 17.7 Å². The molecule has 1 aromatic rings. The Morgan fingerprint density at radius 3 is 2.76 bits per heavy atom. The van der Waals surface area contributed by atoms with Gasteiger partial charge in [-0.05, 0) is 37.5 Å². The molecule has 0 bridgehead atoms. The first-order chi connectivity index (χ1) is 8.01. The van der Waals surface area contributed by atoms with E-state index in [2.05, 4.69) is 0 Å². The number of aryl methyl sites for hydroxylation is 1. The monoisotopic (exact) mass is 254 g/mol. The Bertz CT molecular complexity index is 438. The first-order valence-corrected chi connectivity index (χ1v) is 5.99. The van der Waals surface area contributed by atoms with Crippen molar-refractivity contribution in [3.8, 4) is 5.75 Å². The SMILES string of the molecule is Cc1ccc(OCC2(CC(=O)O)CC2)c(Cl)c1. The lowest BCUT2D eigenvalue weighted by atomic mass is 10.0. The molecule has 0 amide bonds. The van der Waals surface area contributed by atoms with Gasteiger partial charge in [-0.15, -0.1) is 0 Å². The van der Waals surface area contributed by atoms with Crippen molar-refractivity contribution in [3.05, 3.63) is 28.8 Å². The Kier molecular flexibility index (Phi) is 3.29. The highest BCUT2D eigenvalue weighted by molar-refractivity contribution is 6.32. The van der Waals surface area contributed by atoms with Crippen LogP contribution in [-0.2, 0) is 4.79 Å². The second kappa shape index (κ2) is 4.57. The molecule has 0 unspecified atom stereocenters. The van der Waals surface area contributed by atoms with Gasteiger partial charge in [-0.1, -0.05) is 17.7 Å². The van der Waals surface area contributed by atoms with E-state index >= 15 is 0 Å². The molecule has 3 nitrogen and oxygen atoms in total. The number of ether oxygens (including phenoxy) is 1. The summed E-state index contributed by atoms with van der Waals surface area (Å²) in [4.78, 5) is 10.7. The normalized spacial score (nSPS) is 16.6. The van der Waals surface area contributed by atoms with Gasteiger partial charge in [0.05, 0.1) is 18.1 Å². The molecule has 17 heavy (non-hydrogen) atoms. The third kappa shape index (κ3) is 3.13. The molecule has 0 radical (unpaired) electrons. The van der Waals surface area contributed by atoms with Gasteiger partial charge in [0.2, 0.25) is 0 Å². The molecular weight excluding hydrogens is 240 g/mol. The van der Waals surface area contributed by atoms with Crippen LogP contribution in [0.4, 0.5) is 0 Å². The average Bonchev–Trinajstić information content (AvgIpc) is 2.96. The molecule has 0 saturated heterocycles. The number of rotatable bonds is 5. The van der Waals surface area contributed by atoms with Crippen molar-refractivity contribution in [1.29, 1.82) is 0 Å². The Balaban J connectivity index is 1.96. The van der Waals surface area contributed by atoms with Crippen LogP contribution in [0, 0.1) is 12.3 Å². The highest BCUT2D eigenvalue weighted by Gasteiger charge is 2.45. The van der Waals surface area contributed by atoms with E-state index < -0.39 is 5.97 Å². The number of halogens is 1. The molecule has 92 valence electrons. The van der Waals surface area contributed by atoms with Gasteiger partial charge < -0.3 is 9.84 Å². The van der Waals surface area contributed by atoms with Crippen LogP contribution in [0.2, 0.25) is 5.02 Å². The Morgan fingerprint density at radius 2 is 2.24 bits per heavy atom. The number of hydrogen-bond acceptors (Lipinski definition) is 2. The smallest absolute Gasteiger partial charge is 0.304 e. The van der Waals surface area contributed by atoms with Gasteiger partial charge in [0, 0.05) is 5.41 Å². The Hall–Kier alpha value is -1.22. The summed E-state index contributed by atoms with van der Waals surface area (Å²) in [6, 6.07) is 5.60. The fourth-order valence-electron chi connectivity index (χ4n) is 1.82. The van der Waals surface area contributed by atoms with E-state index in [0.29, 0.717) is 17.4 Å². The zero-order chi connectivity index (χ0) is 12.5. The van der Waals surface area contributed by atoms with E-state index in [1.54, 1.807) is 0 Å². The van der Waals surface area contributed by atoms with E-state index in [9.17, 15) is 4.79 Å². The van der Waals surface area contributed by atoms with Gasteiger partial charge in [0.1, 0.15) is 5.75 Å². The zero-order valence-electron chi connectivity index (χ0n) is 9.70. The fraction of sp³-hybridized carbons (Fsp3) is 0.462. The van der Waals surface area contributed by atoms with E-state index in [-0.39, 0.29) is 11.8 Å². The van der Waals surface area contributed by atoms with Crippen molar-refractivity contribution in [2.75, 3.05) is 6.61 Å². The summed E-state index contributed by atoms with van der Waals surface area (Å²) in [5.74, 6) is -0.130. The molecule has 2 rings (SSSR count). The summed E-state index contributed by atoms with van der Waals surface area (Å²) in [6.45, 7) is 2.39. The van der Waals surface area contributed by atoms with Crippen LogP contribution in [0.25, 0.3) is 0 Å². The number of carboxylic acid groups (broad SMARTS) is 1. The molecule has 1 saturated carbocycles. The van der Waals surface area contributed by atoms with Gasteiger partial charge in [-0.25, -0.2) is 0 Å². The molecule has 0 aliphatic heterocycles. The van der Waals surface area contributed by atoms with Gasteiger partial charge >= 0.3 is 5.97 Å². The molecular formula is C13H15ClO3. The third-order valence-corrected chi connectivity index (χ3v) is 3.40. The van der Waals surface area contributed by atoms with Crippen molar-refractivity contribution in [2.24, 2.45) is 5.41 Å². The number of carboxylic acids is 1. The Labute approximate surface area is 105 Å². The summed E-state index contributed by atoms with van der Waals surface area (Å²) in [7, 11) is 0. The molecule has 1 fully saturated rings. The maximum Gasteiger partial charge on any atom is 0.304 e. The van der Waals surface area contributed by atoms with E-state index in [1.165, 1.54) is 0 Å². The fourth-order valence-corrected chi connectivity index (χ4v) is 2.11. The van der Waals surface area contributed by atoms with Crippen LogP contribution >= 0.6 is 11.6 Å². The summed E-state index contributed by atoms with van der Waals surface area (Å²) >= 11 is 6.04. The maximum atomic E-state index is 10.7. The van der Waals surface area contributed by atoms with Crippen molar-refractivity contribution >= 4 is 17.6 Å².